The lowest BCUT2D eigenvalue weighted by atomic mass is 10.2. The molecule has 4 heteroatoms. The van der Waals surface area contributed by atoms with E-state index in [9.17, 15) is 9.18 Å². The predicted molar refractivity (Wildman–Crippen MR) is 67.7 cm³/mol. The van der Waals surface area contributed by atoms with E-state index in [0.29, 0.717) is 18.7 Å². The molecule has 0 bridgehead atoms. The Hall–Kier alpha value is -2.10. The molecule has 3 nitrogen and oxygen atoms in total. The van der Waals surface area contributed by atoms with Gasteiger partial charge < -0.3 is 9.30 Å². The van der Waals surface area contributed by atoms with Gasteiger partial charge in [0.1, 0.15) is 5.82 Å². The first-order valence-corrected chi connectivity index (χ1v) is 5.71. The number of fused-ring (bicyclic) bond motifs is 1. The third-order valence-corrected chi connectivity index (χ3v) is 2.66. The van der Waals surface area contributed by atoms with E-state index >= 15 is 0 Å². The first kappa shape index (κ1) is 12.4. The summed E-state index contributed by atoms with van der Waals surface area (Å²) in [6.07, 6.45) is 1.80. The summed E-state index contributed by atoms with van der Waals surface area (Å²) in [5.41, 5.74) is 1.08. The average molecular weight is 247 g/mol. The highest BCUT2D eigenvalue weighted by atomic mass is 19.1. The van der Waals surface area contributed by atoms with Crippen molar-refractivity contribution in [3.8, 4) is 0 Å². The highest BCUT2D eigenvalue weighted by molar-refractivity contribution is 5.88. The predicted octanol–water partition coefficient (Wildman–Crippen LogP) is 2.90. The lowest BCUT2D eigenvalue weighted by Crippen LogP contribution is -2.11. The summed E-state index contributed by atoms with van der Waals surface area (Å²) in [7, 11) is 0. The summed E-state index contributed by atoms with van der Waals surface area (Å²) in [5, 5.41) is 0.924. The second kappa shape index (κ2) is 5.04. The Labute approximate surface area is 104 Å². The van der Waals surface area contributed by atoms with Gasteiger partial charge in [0.15, 0.2) is 0 Å². The zero-order chi connectivity index (χ0) is 13.1. The number of carbonyl (C=O) groups is 1. The molecule has 1 aromatic carbocycles. The van der Waals surface area contributed by atoms with E-state index in [-0.39, 0.29) is 5.82 Å². The fourth-order valence-corrected chi connectivity index (χ4v) is 1.80. The van der Waals surface area contributed by atoms with Gasteiger partial charge in [0.25, 0.3) is 0 Å². The SMILES string of the molecule is C=C(Cn1ccc2ccc(F)cc21)C(=O)OCC. The van der Waals surface area contributed by atoms with Crippen molar-refractivity contribution < 1.29 is 13.9 Å². The van der Waals surface area contributed by atoms with Crippen molar-refractivity contribution in [2.75, 3.05) is 6.61 Å². The van der Waals surface area contributed by atoms with Crippen LogP contribution in [0.3, 0.4) is 0 Å². The Balaban J connectivity index is 2.24. The smallest absolute Gasteiger partial charge is 0.335 e. The van der Waals surface area contributed by atoms with Crippen molar-refractivity contribution in [2.24, 2.45) is 0 Å². The van der Waals surface area contributed by atoms with Crippen LogP contribution in [0.2, 0.25) is 0 Å². The van der Waals surface area contributed by atoms with Crippen LogP contribution < -0.4 is 0 Å². The molecule has 0 fully saturated rings. The molecule has 0 aliphatic heterocycles. The number of halogens is 1. The van der Waals surface area contributed by atoms with E-state index in [1.165, 1.54) is 12.1 Å². The molecule has 0 aliphatic carbocycles. The molecule has 1 heterocycles. The topological polar surface area (TPSA) is 31.2 Å². The van der Waals surface area contributed by atoms with Crippen LogP contribution in [-0.2, 0) is 16.1 Å². The molecule has 0 saturated carbocycles. The van der Waals surface area contributed by atoms with Crippen molar-refractivity contribution in [3.63, 3.8) is 0 Å². The molecule has 0 unspecified atom stereocenters. The van der Waals surface area contributed by atoms with Crippen molar-refractivity contribution in [1.29, 1.82) is 0 Å². The van der Waals surface area contributed by atoms with Gasteiger partial charge in [0.2, 0.25) is 0 Å². The van der Waals surface area contributed by atoms with Crippen LogP contribution in [-0.4, -0.2) is 17.1 Å². The fraction of sp³-hybridized carbons (Fsp3) is 0.214. The fourth-order valence-electron chi connectivity index (χ4n) is 1.80. The lowest BCUT2D eigenvalue weighted by molar-refractivity contribution is -0.138. The van der Waals surface area contributed by atoms with Crippen molar-refractivity contribution in [2.45, 2.75) is 13.5 Å². The largest absolute Gasteiger partial charge is 0.463 e. The number of hydrogen-bond donors (Lipinski definition) is 0. The van der Waals surface area contributed by atoms with Crippen molar-refractivity contribution in [1.82, 2.24) is 4.57 Å². The minimum absolute atomic E-state index is 0.297. The van der Waals surface area contributed by atoms with E-state index in [4.69, 9.17) is 4.74 Å². The van der Waals surface area contributed by atoms with Gasteiger partial charge >= 0.3 is 5.97 Å². The van der Waals surface area contributed by atoms with Gasteiger partial charge in [0, 0.05) is 11.8 Å². The first-order valence-electron chi connectivity index (χ1n) is 5.71. The second-order valence-corrected chi connectivity index (χ2v) is 3.97. The van der Waals surface area contributed by atoms with Crippen LogP contribution in [0.25, 0.3) is 10.9 Å². The maximum atomic E-state index is 13.2. The molecule has 2 aromatic rings. The van der Waals surface area contributed by atoms with Crippen LogP contribution in [0.15, 0.2) is 42.6 Å². The number of nitrogens with zero attached hydrogens (tertiary/aromatic N) is 1. The molecule has 0 spiro atoms. The van der Waals surface area contributed by atoms with Crippen LogP contribution in [0, 0.1) is 5.82 Å². The minimum Gasteiger partial charge on any atom is -0.463 e. The number of esters is 1. The Kier molecular flexibility index (Phi) is 3.46. The number of ether oxygens (including phenoxy) is 1. The first-order chi connectivity index (χ1) is 8.61. The third kappa shape index (κ3) is 2.42. The van der Waals surface area contributed by atoms with E-state index in [2.05, 4.69) is 6.58 Å². The van der Waals surface area contributed by atoms with Crippen LogP contribution in [0.5, 0.6) is 0 Å². The maximum absolute atomic E-state index is 13.2. The highest BCUT2D eigenvalue weighted by Gasteiger charge is 2.10. The van der Waals surface area contributed by atoms with E-state index in [1.807, 2.05) is 6.07 Å². The van der Waals surface area contributed by atoms with E-state index in [0.717, 1.165) is 10.9 Å². The van der Waals surface area contributed by atoms with Crippen molar-refractivity contribution in [3.05, 3.63) is 48.4 Å². The summed E-state index contributed by atoms with van der Waals surface area (Å²) in [6, 6.07) is 6.42. The summed E-state index contributed by atoms with van der Waals surface area (Å²) in [5.74, 6) is -0.722. The quantitative estimate of drug-likeness (QED) is 0.614. The summed E-state index contributed by atoms with van der Waals surface area (Å²) in [4.78, 5) is 11.5. The maximum Gasteiger partial charge on any atom is 0.335 e. The van der Waals surface area contributed by atoms with Crippen molar-refractivity contribution >= 4 is 16.9 Å². The Morgan fingerprint density at radius 1 is 1.44 bits per heavy atom. The summed E-state index contributed by atoms with van der Waals surface area (Å²) < 4.78 is 19.8. The van der Waals surface area contributed by atoms with Gasteiger partial charge in [-0.3, -0.25) is 0 Å². The summed E-state index contributed by atoms with van der Waals surface area (Å²) in [6.45, 7) is 6.05. The minimum atomic E-state index is -0.421. The van der Waals surface area contributed by atoms with Crippen LogP contribution >= 0.6 is 0 Å². The molecular formula is C14H14FNO2. The van der Waals surface area contributed by atoms with Gasteiger partial charge in [-0.15, -0.1) is 0 Å². The number of benzene rings is 1. The monoisotopic (exact) mass is 247 g/mol. The van der Waals surface area contributed by atoms with Crippen LogP contribution in [0.4, 0.5) is 4.39 Å². The molecule has 1 aromatic heterocycles. The normalized spacial score (nSPS) is 10.6. The second-order valence-electron chi connectivity index (χ2n) is 3.97. The number of carbonyl (C=O) groups excluding carboxylic acids is 1. The molecule has 0 amide bonds. The molecule has 0 N–H and O–H groups in total. The number of aromatic nitrogens is 1. The highest BCUT2D eigenvalue weighted by Crippen LogP contribution is 2.18. The zero-order valence-electron chi connectivity index (χ0n) is 10.1. The molecule has 18 heavy (non-hydrogen) atoms. The van der Waals surface area contributed by atoms with Gasteiger partial charge in [-0.1, -0.05) is 6.58 Å². The standard InChI is InChI=1S/C14H14FNO2/c1-3-18-14(17)10(2)9-16-7-6-11-4-5-12(15)8-13(11)16/h4-8H,2-3,9H2,1H3. The molecule has 94 valence electrons. The van der Waals surface area contributed by atoms with Gasteiger partial charge in [0.05, 0.1) is 18.7 Å². The van der Waals surface area contributed by atoms with Gasteiger partial charge in [-0.25, -0.2) is 9.18 Å². The molecule has 0 radical (unpaired) electrons. The Morgan fingerprint density at radius 3 is 2.94 bits per heavy atom. The molecule has 0 aliphatic rings. The Morgan fingerprint density at radius 2 is 2.22 bits per heavy atom. The molecule has 0 saturated heterocycles. The molecule has 2 rings (SSSR count). The molecular weight excluding hydrogens is 233 g/mol. The summed E-state index contributed by atoms with van der Waals surface area (Å²) >= 11 is 0. The third-order valence-electron chi connectivity index (χ3n) is 2.66. The zero-order valence-corrected chi connectivity index (χ0v) is 10.1. The number of hydrogen-bond acceptors (Lipinski definition) is 2. The van der Waals surface area contributed by atoms with E-state index in [1.54, 1.807) is 23.8 Å². The van der Waals surface area contributed by atoms with Gasteiger partial charge in [-0.2, -0.15) is 0 Å². The number of rotatable bonds is 4. The molecule has 0 atom stereocenters. The van der Waals surface area contributed by atoms with Crippen LogP contribution in [0.1, 0.15) is 6.92 Å². The Bertz CT molecular complexity index is 601. The average Bonchev–Trinajstić information content (AvgIpc) is 2.72. The van der Waals surface area contributed by atoms with E-state index < -0.39 is 5.97 Å². The lowest BCUT2D eigenvalue weighted by Gasteiger charge is -2.08. The van der Waals surface area contributed by atoms with Gasteiger partial charge in [-0.05, 0) is 36.6 Å².